The summed E-state index contributed by atoms with van der Waals surface area (Å²) < 4.78 is 5.53. The van der Waals surface area contributed by atoms with Gasteiger partial charge in [0.15, 0.2) is 0 Å². The van der Waals surface area contributed by atoms with E-state index in [2.05, 4.69) is 11.8 Å². The average molecular weight is 297 g/mol. The Bertz CT molecular complexity index is 347. The van der Waals surface area contributed by atoms with E-state index in [0.717, 1.165) is 19.3 Å². The van der Waals surface area contributed by atoms with E-state index in [1.165, 1.54) is 12.8 Å². The number of carbonyl (C=O) groups is 1. The normalized spacial score (nSPS) is 12.8. The van der Waals surface area contributed by atoms with Crippen LogP contribution in [-0.2, 0) is 19.3 Å². The van der Waals surface area contributed by atoms with Crippen LogP contribution in [0.25, 0.3) is 0 Å². The molecule has 0 fully saturated rings. The number of nitrogens with zero attached hydrogens (tertiary/aromatic N) is 1. The lowest BCUT2D eigenvalue weighted by molar-refractivity contribution is -0.278. The zero-order chi connectivity index (χ0) is 15.9. The van der Waals surface area contributed by atoms with Crippen LogP contribution in [0.4, 0.5) is 0 Å². The number of unbranched alkanes of at least 4 members (excludes halogenated alkanes) is 4. The highest BCUT2D eigenvalue weighted by Gasteiger charge is 2.12. The standard InChI is InChI=1S/C16H27NO4/c1-4-6-8-9-11-19-14(3)13-20-21-16(18)15(12-17)10-7-5-2/h10,14H,4-9,11,13H2,1-3H3. The molecule has 0 rings (SSSR count). The maximum Gasteiger partial charge on any atom is 0.383 e. The zero-order valence-electron chi connectivity index (χ0n) is 13.4. The highest BCUT2D eigenvalue weighted by atomic mass is 17.2. The zero-order valence-corrected chi connectivity index (χ0v) is 13.4. The Labute approximate surface area is 127 Å². The van der Waals surface area contributed by atoms with Gasteiger partial charge < -0.3 is 4.74 Å². The van der Waals surface area contributed by atoms with Gasteiger partial charge in [0.25, 0.3) is 0 Å². The maximum absolute atomic E-state index is 11.5. The first-order chi connectivity index (χ1) is 10.2. The van der Waals surface area contributed by atoms with Crippen molar-refractivity contribution in [2.24, 2.45) is 0 Å². The van der Waals surface area contributed by atoms with Crippen molar-refractivity contribution in [3.05, 3.63) is 11.6 Å². The molecule has 1 unspecified atom stereocenters. The van der Waals surface area contributed by atoms with Gasteiger partial charge in [-0.05, 0) is 19.8 Å². The molecule has 5 nitrogen and oxygen atoms in total. The fraction of sp³-hybridized carbons (Fsp3) is 0.750. The summed E-state index contributed by atoms with van der Waals surface area (Å²) >= 11 is 0. The van der Waals surface area contributed by atoms with Gasteiger partial charge in [0, 0.05) is 6.61 Å². The molecule has 0 bridgehead atoms. The van der Waals surface area contributed by atoms with Gasteiger partial charge in [-0.25, -0.2) is 4.79 Å². The summed E-state index contributed by atoms with van der Waals surface area (Å²) in [6.07, 6.45) is 7.53. The summed E-state index contributed by atoms with van der Waals surface area (Å²) in [5.41, 5.74) is -0.0232. The van der Waals surface area contributed by atoms with Crippen LogP contribution >= 0.6 is 0 Å². The average Bonchev–Trinajstić information content (AvgIpc) is 2.48. The van der Waals surface area contributed by atoms with E-state index in [1.54, 1.807) is 12.1 Å². The van der Waals surface area contributed by atoms with E-state index in [4.69, 9.17) is 14.9 Å². The summed E-state index contributed by atoms with van der Waals surface area (Å²) in [5.74, 6) is -0.749. The van der Waals surface area contributed by atoms with Crippen LogP contribution < -0.4 is 0 Å². The molecule has 0 heterocycles. The second-order valence-electron chi connectivity index (χ2n) is 4.92. The number of hydrogen-bond acceptors (Lipinski definition) is 5. The van der Waals surface area contributed by atoms with Gasteiger partial charge in [-0.1, -0.05) is 45.6 Å². The molecule has 0 radical (unpaired) electrons. The molecular formula is C16H27NO4. The molecular weight excluding hydrogens is 270 g/mol. The van der Waals surface area contributed by atoms with E-state index < -0.39 is 5.97 Å². The summed E-state index contributed by atoms with van der Waals surface area (Å²) in [6.45, 7) is 6.82. The first-order valence-electron chi connectivity index (χ1n) is 7.71. The molecule has 1 atom stereocenters. The van der Waals surface area contributed by atoms with E-state index in [0.29, 0.717) is 13.0 Å². The molecule has 0 amide bonds. The highest BCUT2D eigenvalue weighted by molar-refractivity contribution is 5.92. The van der Waals surface area contributed by atoms with Crippen molar-refractivity contribution in [1.82, 2.24) is 0 Å². The van der Waals surface area contributed by atoms with Crippen LogP contribution in [0, 0.1) is 11.3 Å². The van der Waals surface area contributed by atoms with Gasteiger partial charge in [0.1, 0.15) is 18.2 Å². The van der Waals surface area contributed by atoms with Crippen LogP contribution in [0.3, 0.4) is 0 Å². The summed E-state index contributed by atoms with van der Waals surface area (Å²) in [4.78, 5) is 20.9. The molecule has 0 spiro atoms. The number of hydrogen-bond donors (Lipinski definition) is 0. The molecule has 0 aromatic rings. The lowest BCUT2D eigenvalue weighted by Gasteiger charge is -2.12. The lowest BCUT2D eigenvalue weighted by atomic mass is 10.2. The van der Waals surface area contributed by atoms with Gasteiger partial charge in [-0.15, -0.1) is 0 Å². The van der Waals surface area contributed by atoms with Crippen molar-refractivity contribution < 1.29 is 19.3 Å². The first-order valence-corrected chi connectivity index (χ1v) is 7.71. The Balaban J connectivity index is 3.77. The fourth-order valence-electron chi connectivity index (χ4n) is 1.55. The summed E-state index contributed by atoms with van der Waals surface area (Å²) in [7, 11) is 0. The number of rotatable bonds is 12. The molecule has 0 aromatic carbocycles. The Morgan fingerprint density at radius 1 is 1.24 bits per heavy atom. The Morgan fingerprint density at radius 3 is 2.62 bits per heavy atom. The fourth-order valence-corrected chi connectivity index (χ4v) is 1.55. The van der Waals surface area contributed by atoms with Crippen molar-refractivity contribution in [3.8, 4) is 6.07 Å². The van der Waals surface area contributed by atoms with Crippen LogP contribution in [0.5, 0.6) is 0 Å². The van der Waals surface area contributed by atoms with Gasteiger partial charge in [-0.2, -0.15) is 10.1 Å². The maximum atomic E-state index is 11.5. The van der Waals surface area contributed by atoms with Gasteiger partial charge in [0.2, 0.25) is 0 Å². The van der Waals surface area contributed by atoms with Crippen LogP contribution in [0.15, 0.2) is 11.6 Å². The number of nitriles is 1. The van der Waals surface area contributed by atoms with Crippen molar-refractivity contribution in [1.29, 1.82) is 5.26 Å². The molecule has 120 valence electrons. The molecule has 0 aromatic heterocycles. The smallest absolute Gasteiger partial charge is 0.376 e. The molecule has 0 saturated carbocycles. The lowest BCUT2D eigenvalue weighted by Crippen LogP contribution is -2.19. The Hall–Kier alpha value is -1.38. The topological polar surface area (TPSA) is 68.6 Å². The summed E-state index contributed by atoms with van der Waals surface area (Å²) in [5, 5.41) is 8.82. The molecule has 0 N–H and O–H groups in total. The van der Waals surface area contributed by atoms with E-state index in [9.17, 15) is 4.79 Å². The van der Waals surface area contributed by atoms with E-state index in [1.807, 2.05) is 13.8 Å². The van der Waals surface area contributed by atoms with Crippen molar-refractivity contribution in [2.75, 3.05) is 13.2 Å². The molecule has 21 heavy (non-hydrogen) atoms. The molecule has 0 aliphatic carbocycles. The minimum Gasteiger partial charge on any atom is -0.376 e. The van der Waals surface area contributed by atoms with Crippen molar-refractivity contribution >= 4 is 5.97 Å². The van der Waals surface area contributed by atoms with Crippen LogP contribution in [0.1, 0.15) is 59.3 Å². The third-order valence-corrected chi connectivity index (χ3v) is 2.82. The largest absolute Gasteiger partial charge is 0.383 e. The molecule has 0 aliphatic heterocycles. The third kappa shape index (κ3) is 11.0. The first kappa shape index (κ1) is 19.6. The van der Waals surface area contributed by atoms with E-state index >= 15 is 0 Å². The van der Waals surface area contributed by atoms with Crippen LogP contribution in [0.2, 0.25) is 0 Å². The second-order valence-corrected chi connectivity index (χ2v) is 4.92. The molecule has 0 aliphatic rings. The van der Waals surface area contributed by atoms with Gasteiger partial charge in [0.05, 0.1) is 6.10 Å². The Morgan fingerprint density at radius 2 is 2.00 bits per heavy atom. The number of carbonyl (C=O) groups excluding carboxylic acids is 1. The number of allylic oxidation sites excluding steroid dienone is 1. The highest BCUT2D eigenvalue weighted by Crippen LogP contribution is 2.04. The van der Waals surface area contributed by atoms with Gasteiger partial charge in [-0.3, -0.25) is 4.89 Å². The molecule has 0 saturated heterocycles. The van der Waals surface area contributed by atoms with E-state index in [-0.39, 0.29) is 18.3 Å². The Kier molecular flexibility index (Phi) is 12.7. The second kappa shape index (κ2) is 13.6. The minimum absolute atomic E-state index is 0.0232. The predicted molar refractivity (Wildman–Crippen MR) is 80.2 cm³/mol. The van der Waals surface area contributed by atoms with Crippen molar-refractivity contribution in [2.45, 2.75) is 65.4 Å². The molecule has 5 heteroatoms. The monoisotopic (exact) mass is 297 g/mol. The van der Waals surface area contributed by atoms with Crippen LogP contribution in [-0.4, -0.2) is 25.3 Å². The summed E-state index contributed by atoms with van der Waals surface area (Å²) in [6, 6.07) is 1.80. The minimum atomic E-state index is -0.749. The number of ether oxygens (including phenoxy) is 1. The predicted octanol–water partition coefficient (Wildman–Crippen LogP) is 3.70. The van der Waals surface area contributed by atoms with Crippen molar-refractivity contribution in [3.63, 3.8) is 0 Å². The quantitative estimate of drug-likeness (QED) is 0.181. The SMILES string of the molecule is CCCC=C(C#N)C(=O)OOCC(C)OCCCCCC. The third-order valence-electron chi connectivity index (χ3n) is 2.82. The van der Waals surface area contributed by atoms with Gasteiger partial charge >= 0.3 is 5.97 Å².